The van der Waals surface area contributed by atoms with E-state index in [1.807, 2.05) is 6.07 Å². The first kappa shape index (κ1) is 20.7. The SMILES string of the molecule is O=C(c1cc(Cl)c(O)c(Cl)c1)N(Cc1cccnc1)Cc1ccc(Cl)cc1Cl. The summed E-state index contributed by atoms with van der Waals surface area (Å²) in [5.74, 6) is -0.585. The summed E-state index contributed by atoms with van der Waals surface area (Å²) < 4.78 is 0. The van der Waals surface area contributed by atoms with Gasteiger partial charge in [-0.25, -0.2) is 0 Å². The van der Waals surface area contributed by atoms with Gasteiger partial charge in [-0.15, -0.1) is 0 Å². The highest BCUT2D eigenvalue weighted by Crippen LogP contribution is 2.33. The Kier molecular flexibility index (Phi) is 6.68. The fraction of sp³-hybridized carbons (Fsp3) is 0.100. The Balaban J connectivity index is 1.96. The van der Waals surface area contributed by atoms with Gasteiger partial charge < -0.3 is 10.0 Å². The van der Waals surface area contributed by atoms with Gasteiger partial charge in [-0.05, 0) is 41.5 Å². The van der Waals surface area contributed by atoms with Crippen LogP contribution in [0.2, 0.25) is 20.1 Å². The molecule has 1 amide bonds. The van der Waals surface area contributed by atoms with Crippen molar-refractivity contribution in [2.24, 2.45) is 0 Å². The normalized spacial score (nSPS) is 10.7. The van der Waals surface area contributed by atoms with E-state index in [-0.39, 0.29) is 33.8 Å². The number of benzene rings is 2. The Labute approximate surface area is 182 Å². The van der Waals surface area contributed by atoms with Crippen molar-refractivity contribution in [3.05, 3.63) is 91.6 Å². The van der Waals surface area contributed by atoms with Gasteiger partial charge in [0.1, 0.15) is 0 Å². The number of aromatic hydroxyl groups is 1. The summed E-state index contributed by atoms with van der Waals surface area (Å²) in [6.45, 7) is 0.529. The predicted molar refractivity (Wildman–Crippen MR) is 112 cm³/mol. The molecule has 0 spiro atoms. The van der Waals surface area contributed by atoms with Crippen molar-refractivity contribution in [2.45, 2.75) is 13.1 Å². The zero-order chi connectivity index (χ0) is 20.3. The minimum atomic E-state index is -0.321. The predicted octanol–water partition coefficient (Wildman–Crippen LogP) is 6.24. The number of nitrogens with zero attached hydrogens (tertiary/aromatic N) is 2. The second-order valence-corrected chi connectivity index (χ2v) is 7.70. The number of halogens is 4. The van der Waals surface area contributed by atoms with E-state index in [9.17, 15) is 9.90 Å². The maximum Gasteiger partial charge on any atom is 0.254 e. The van der Waals surface area contributed by atoms with Crippen molar-refractivity contribution in [1.29, 1.82) is 0 Å². The lowest BCUT2D eigenvalue weighted by atomic mass is 10.1. The van der Waals surface area contributed by atoms with Gasteiger partial charge >= 0.3 is 0 Å². The van der Waals surface area contributed by atoms with Crippen molar-refractivity contribution in [2.75, 3.05) is 0 Å². The first-order chi connectivity index (χ1) is 13.3. The molecule has 0 saturated carbocycles. The summed E-state index contributed by atoms with van der Waals surface area (Å²) >= 11 is 24.2. The minimum absolute atomic E-state index is 0.00158. The number of hydrogen-bond donors (Lipinski definition) is 1. The fourth-order valence-electron chi connectivity index (χ4n) is 2.64. The van der Waals surface area contributed by atoms with Gasteiger partial charge in [0.2, 0.25) is 0 Å². The highest BCUT2D eigenvalue weighted by atomic mass is 35.5. The Hall–Kier alpha value is -1.98. The van der Waals surface area contributed by atoms with E-state index in [1.54, 1.807) is 41.6 Å². The molecule has 0 fully saturated rings. The molecule has 0 aliphatic carbocycles. The molecule has 3 aromatic rings. The number of phenolic OH excluding ortho intramolecular Hbond substituents is 1. The number of carbonyl (C=O) groups is 1. The van der Waals surface area contributed by atoms with Gasteiger partial charge in [-0.1, -0.05) is 58.5 Å². The topological polar surface area (TPSA) is 53.4 Å². The van der Waals surface area contributed by atoms with Crippen LogP contribution in [-0.4, -0.2) is 20.9 Å². The Morgan fingerprint density at radius 3 is 2.29 bits per heavy atom. The lowest BCUT2D eigenvalue weighted by Crippen LogP contribution is -2.30. The van der Waals surface area contributed by atoms with Crippen LogP contribution in [0.15, 0.2) is 54.9 Å². The third-order valence-corrected chi connectivity index (χ3v) is 5.19. The number of carbonyl (C=O) groups excluding carboxylic acids is 1. The molecule has 0 bridgehead atoms. The van der Waals surface area contributed by atoms with E-state index in [2.05, 4.69) is 4.98 Å². The van der Waals surface area contributed by atoms with Crippen molar-refractivity contribution < 1.29 is 9.90 Å². The number of phenols is 1. The molecule has 0 radical (unpaired) electrons. The molecule has 2 aromatic carbocycles. The molecular weight excluding hydrogens is 442 g/mol. The third-order valence-electron chi connectivity index (χ3n) is 4.02. The monoisotopic (exact) mass is 454 g/mol. The molecule has 1 aromatic heterocycles. The molecule has 0 atom stereocenters. The lowest BCUT2D eigenvalue weighted by molar-refractivity contribution is 0.0730. The lowest BCUT2D eigenvalue weighted by Gasteiger charge is -2.24. The minimum Gasteiger partial charge on any atom is -0.505 e. The molecule has 0 unspecified atom stereocenters. The molecule has 3 rings (SSSR count). The highest BCUT2D eigenvalue weighted by molar-refractivity contribution is 6.37. The zero-order valence-electron chi connectivity index (χ0n) is 14.4. The average molecular weight is 456 g/mol. The zero-order valence-corrected chi connectivity index (χ0v) is 17.4. The van der Waals surface area contributed by atoms with Crippen LogP contribution in [0.5, 0.6) is 5.75 Å². The van der Waals surface area contributed by atoms with Gasteiger partial charge in [-0.2, -0.15) is 0 Å². The summed E-state index contributed by atoms with van der Waals surface area (Å²) in [4.78, 5) is 18.9. The molecule has 8 heteroatoms. The molecule has 0 aliphatic heterocycles. The van der Waals surface area contributed by atoms with E-state index >= 15 is 0 Å². The number of rotatable bonds is 5. The van der Waals surface area contributed by atoms with Crippen LogP contribution in [-0.2, 0) is 13.1 Å². The van der Waals surface area contributed by atoms with Gasteiger partial charge in [0, 0.05) is 41.1 Å². The third kappa shape index (κ3) is 4.89. The molecule has 0 saturated heterocycles. The van der Waals surface area contributed by atoms with Crippen LogP contribution in [0.4, 0.5) is 0 Å². The van der Waals surface area contributed by atoms with Crippen LogP contribution >= 0.6 is 46.4 Å². The smallest absolute Gasteiger partial charge is 0.254 e. The maximum absolute atomic E-state index is 13.2. The molecule has 0 aliphatic rings. The first-order valence-electron chi connectivity index (χ1n) is 8.15. The van der Waals surface area contributed by atoms with E-state index < -0.39 is 0 Å². The van der Waals surface area contributed by atoms with Crippen LogP contribution in [0, 0.1) is 0 Å². The first-order valence-corrected chi connectivity index (χ1v) is 9.66. The average Bonchev–Trinajstić information content (AvgIpc) is 2.67. The number of pyridine rings is 1. The Morgan fingerprint density at radius 1 is 0.964 bits per heavy atom. The summed E-state index contributed by atoms with van der Waals surface area (Å²) in [6.07, 6.45) is 3.34. The molecule has 4 nitrogen and oxygen atoms in total. The van der Waals surface area contributed by atoms with Gasteiger partial charge in [-0.3, -0.25) is 9.78 Å². The van der Waals surface area contributed by atoms with Crippen LogP contribution < -0.4 is 0 Å². The van der Waals surface area contributed by atoms with E-state index in [0.29, 0.717) is 16.6 Å². The van der Waals surface area contributed by atoms with E-state index in [4.69, 9.17) is 46.4 Å². The van der Waals surface area contributed by atoms with Gasteiger partial charge in [0.25, 0.3) is 5.91 Å². The largest absolute Gasteiger partial charge is 0.505 e. The Morgan fingerprint density at radius 2 is 1.68 bits per heavy atom. The quantitative estimate of drug-likeness (QED) is 0.495. The molecule has 1 heterocycles. The summed E-state index contributed by atoms with van der Waals surface area (Å²) in [5, 5.41) is 10.7. The van der Waals surface area contributed by atoms with Crippen LogP contribution in [0.1, 0.15) is 21.5 Å². The van der Waals surface area contributed by atoms with Crippen molar-refractivity contribution in [3.8, 4) is 5.75 Å². The standard InChI is InChI=1S/C20H14Cl4N2O2/c21-15-4-3-13(16(22)8-15)11-26(10-12-2-1-5-25-9-12)20(28)14-6-17(23)19(27)18(24)7-14/h1-9,27H,10-11H2. The summed E-state index contributed by atoms with van der Waals surface area (Å²) in [6, 6.07) is 11.5. The fourth-order valence-corrected chi connectivity index (χ4v) is 3.59. The van der Waals surface area contributed by atoms with Crippen LogP contribution in [0.25, 0.3) is 0 Å². The maximum atomic E-state index is 13.2. The van der Waals surface area contributed by atoms with Gasteiger partial charge in [0.05, 0.1) is 10.0 Å². The highest BCUT2D eigenvalue weighted by Gasteiger charge is 2.20. The number of aromatic nitrogens is 1. The molecule has 144 valence electrons. The second kappa shape index (κ2) is 9.01. The van der Waals surface area contributed by atoms with Crippen molar-refractivity contribution in [1.82, 2.24) is 9.88 Å². The van der Waals surface area contributed by atoms with E-state index in [1.165, 1.54) is 12.1 Å². The molecule has 1 N–H and O–H groups in total. The Bertz CT molecular complexity index is 989. The number of hydrogen-bond acceptors (Lipinski definition) is 3. The number of amides is 1. The van der Waals surface area contributed by atoms with Crippen molar-refractivity contribution in [3.63, 3.8) is 0 Å². The van der Waals surface area contributed by atoms with Crippen LogP contribution in [0.3, 0.4) is 0 Å². The van der Waals surface area contributed by atoms with Gasteiger partial charge in [0.15, 0.2) is 5.75 Å². The second-order valence-electron chi connectivity index (χ2n) is 6.05. The van der Waals surface area contributed by atoms with E-state index in [0.717, 1.165) is 11.1 Å². The summed E-state index contributed by atoms with van der Waals surface area (Å²) in [7, 11) is 0. The summed E-state index contributed by atoms with van der Waals surface area (Å²) in [5.41, 5.74) is 1.83. The molecular formula is C20H14Cl4N2O2. The van der Waals surface area contributed by atoms with Crippen molar-refractivity contribution >= 4 is 52.3 Å². The molecule has 28 heavy (non-hydrogen) atoms.